The van der Waals surface area contributed by atoms with Gasteiger partial charge in [0.2, 0.25) is 5.91 Å². The third-order valence-corrected chi connectivity index (χ3v) is 2.21. The number of nitrogens with one attached hydrogen (secondary N) is 2. The van der Waals surface area contributed by atoms with Gasteiger partial charge in [0.15, 0.2) is 0 Å². The van der Waals surface area contributed by atoms with Crippen LogP contribution in [0.1, 0.15) is 18.1 Å². The molecule has 88 valence electrons. The largest absolute Gasteiger partial charge is 0.508 e. The lowest BCUT2D eigenvalue weighted by molar-refractivity contribution is -0.120. The number of carbonyl (C=O) groups is 1. The SMILES string of the molecule is CCNC(=O)CNCc1cc(C)ccc1O. The Morgan fingerprint density at radius 3 is 2.88 bits per heavy atom. The van der Waals surface area contributed by atoms with Crippen LogP contribution in [0.15, 0.2) is 18.2 Å². The van der Waals surface area contributed by atoms with E-state index in [0.29, 0.717) is 13.1 Å². The second-order valence-electron chi connectivity index (χ2n) is 3.69. The molecule has 1 rings (SSSR count). The fourth-order valence-electron chi connectivity index (χ4n) is 1.43. The standard InChI is InChI=1S/C12H18N2O2/c1-3-14-12(16)8-13-7-10-6-9(2)4-5-11(10)15/h4-6,13,15H,3,7-8H2,1-2H3,(H,14,16). The number of amides is 1. The number of phenolic OH excluding ortho intramolecular Hbond substituents is 1. The number of rotatable bonds is 5. The lowest BCUT2D eigenvalue weighted by Crippen LogP contribution is -2.33. The summed E-state index contributed by atoms with van der Waals surface area (Å²) in [6.45, 7) is 5.24. The Bertz CT molecular complexity index is 364. The first-order valence-electron chi connectivity index (χ1n) is 5.39. The molecule has 3 N–H and O–H groups in total. The van der Waals surface area contributed by atoms with Crippen LogP contribution >= 0.6 is 0 Å². The molecule has 0 radical (unpaired) electrons. The summed E-state index contributed by atoms with van der Waals surface area (Å²) in [5, 5.41) is 15.2. The molecule has 0 aromatic heterocycles. The molecule has 0 spiro atoms. The molecule has 1 aromatic carbocycles. The van der Waals surface area contributed by atoms with Gasteiger partial charge in [-0.3, -0.25) is 4.79 Å². The van der Waals surface area contributed by atoms with Gasteiger partial charge < -0.3 is 15.7 Å². The molecule has 0 unspecified atom stereocenters. The molecule has 4 heteroatoms. The van der Waals surface area contributed by atoms with E-state index in [1.54, 1.807) is 6.07 Å². The van der Waals surface area contributed by atoms with Gasteiger partial charge in [0.25, 0.3) is 0 Å². The Balaban J connectivity index is 2.42. The summed E-state index contributed by atoms with van der Waals surface area (Å²) in [4.78, 5) is 11.1. The molecule has 1 aromatic rings. The summed E-state index contributed by atoms with van der Waals surface area (Å²) in [6.07, 6.45) is 0. The van der Waals surface area contributed by atoms with Crippen molar-refractivity contribution in [3.8, 4) is 5.75 Å². The molecule has 0 bridgehead atoms. The Morgan fingerprint density at radius 1 is 1.44 bits per heavy atom. The van der Waals surface area contributed by atoms with E-state index in [4.69, 9.17) is 0 Å². The Labute approximate surface area is 95.7 Å². The van der Waals surface area contributed by atoms with E-state index in [2.05, 4.69) is 10.6 Å². The van der Waals surface area contributed by atoms with Crippen molar-refractivity contribution in [1.82, 2.24) is 10.6 Å². The molecule has 0 aliphatic carbocycles. The number of carbonyl (C=O) groups excluding carboxylic acids is 1. The lowest BCUT2D eigenvalue weighted by Gasteiger charge is -2.07. The highest BCUT2D eigenvalue weighted by atomic mass is 16.3. The third-order valence-electron chi connectivity index (χ3n) is 2.21. The number of phenols is 1. The van der Waals surface area contributed by atoms with E-state index in [9.17, 15) is 9.90 Å². The van der Waals surface area contributed by atoms with Gasteiger partial charge >= 0.3 is 0 Å². The molecule has 0 aliphatic heterocycles. The molecule has 0 fully saturated rings. The van der Waals surface area contributed by atoms with Crippen molar-refractivity contribution in [3.05, 3.63) is 29.3 Å². The quantitative estimate of drug-likeness (QED) is 0.694. The zero-order chi connectivity index (χ0) is 12.0. The Morgan fingerprint density at radius 2 is 2.19 bits per heavy atom. The zero-order valence-electron chi connectivity index (χ0n) is 9.71. The molecule has 16 heavy (non-hydrogen) atoms. The smallest absolute Gasteiger partial charge is 0.233 e. The van der Waals surface area contributed by atoms with Crippen LogP contribution in [0.4, 0.5) is 0 Å². The van der Waals surface area contributed by atoms with Crippen LogP contribution in [-0.2, 0) is 11.3 Å². The highest BCUT2D eigenvalue weighted by Crippen LogP contribution is 2.17. The molecule has 0 saturated carbocycles. The number of aryl methyl sites for hydroxylation is 1. The van der Waals surface area contributed by atoms with Crippen molar-refractivity contribution in [2.75, 3.05) is 13.1 Å². The maximum atomic E-state index is 11.1. The maximum Gasteiger partial charge on any atom is 0.233 e. The fraction of sp³-hybridized carbons (Fsp3) is 0.417. The Hall–Kier alpha value is -1.55. The van der Waals surface area contributed by atoms with Crippen LogP contribution in [0, 0.1) is 6.92 Å². The summed E-state index contributed by atoms with van der Waals surface area (Å²) < 4.78 is 0. The van der Waals surface area contributed by atoms with Gasteiger partial charge in [-0.15, -0.1) is 0 Å². The minimum Gasteiger partial charge on any atom is -0.508 e. The number of likely N-dealkylation sites (N-methyl/N-ethyl adjacent to an activating group) is 1. The van der Waals surface area contributed by atoms with Crippen molar-refractivity contribution in [2.24, 2.45) is 0 Å². The van der Waals surface area contributed by atoms with Crippen molar-refractivity contribution < 1.29 is 9.90 Å². The first-order valence-corrected chi connectivity index (χ1v) is 5.39. The monoisotopic (exact) mass is 222 g/mol. The second-order valence-corrected chi connectivity index (χ2v) is 3.69. The second kappa shape index (κ2) is 6.12. The van der Waals surface area contributed by atoms with E-state index in [-0.39, 0.29) is 18.2 Å². The van der Waals surface area contributed by atoms with Gasteiger partial charge in [-0.25, -0.2) is 0 Å². The van der Waals surface area contributed by atoms with Gasteiger partial charge in [-0.2, -0.15) is 0 Å². The third kappa shape index (κ3) is 3.90. The maximum absolute atomic E-state index is 11.1. The van der Waals surface area contributed by atoms with Gasteiger partial charge in [-0.05, 0) is 19.9 Å². The average Bonchev–Trinajstić information content (AvgIpc) is 2.23. The summed E-state index contributed by atoms with van der Waals surface area (Å²) in [7, 11) is 0. The van der Waals surface area contributed by atoms with E-state index in [0.717, 1.165) is 11.1 Å². The van der Waals surface area contributed by atoms with Crippen LogP contribution in [0.2, 0.25) is 0 Å². The van der Waals surface area contributed by atoms with E-state index in [1.165, 1.54) is 0 Å². The zero-order valence-corrected chi connectivity index (χ0v) is 9.71. The first kappa shape index (κ1) is 12.5. The summed E-state index contributed by atoms with van der Waals surface area (Å²) in [5.74, 6) is 0.226. The van der Waals surface area contributed by atoms with Gasteiger partial charge in [0, 0.05) is 18.7 Å². The van der Waals surface area contributed by atoms with Crippen LogP contribution in [-0.4, -0.2) is 24.1 Å². The minimum absolute atomic E-state index is 0.0327. The molecule has 1 amide bonds. The highest BCUT2D eigenvalue weighted by Gasteiger charge is 2.02. The van der Waals surface area contributed by atoms with E-state index >= 15 is 0 Å². The number of hydrogen-bond acceptors (Lipinski definition) is 3. The Kier molecular flexibility index (Phi) is 4.79. The molecule has 0 aliphatic rings. The van der Waals surface area contributed by atoms with Gasteiger partial charge in [-0.1, -0.05) is 17.7 Å². The predicted octanol–water partition coefficient (Wildman–Crippen LogP) is 0.926. The van der Waals surface area contributed by atoms with Crippen LogP contribution < -0.4 is 10.6 Å². The summed E-state index contributed by atoms with van der Waals surface area (Å²) in [5.41, 5.74) is 1.90. The predicted molar refractivity (Wildman–Crippen MR) is 63.2 cm³/mol. The molecular formula is C12H18N2O2. The number of aromatic hydroxyl groups is 1. The normalized spacial score (nSPS) is 10.1. The number of hydrogen-bond donors (Lipinski definition) is 3. The van der Waals surface area contributed by atoms with Gasteiger partial charge in [0.05, 0.1) is 6.54 Å². The molecule has 0 atom stereocenters. The van der Waals surface area contributed by atoms with Crippen molar-refractivity contribution in [3.63, 3.8) is 0 Å². The van der Waals surface area contributed by atoms with Crippen LogP contribution in [0.25, 0.3) is 0 Å². The average molecular weight is 222 g/mol. The van der Waals surface area contributed by atoms with Crippen LogP contribution in [0.3, 0.4) is 0 Å². The minimum atomic E-state index is -0.0327. The molecule has 0 saturated heterocycles. The van der Waals surface area contributed by atoms with Crippen molar-refractivity contribution in [1.29, 1.82) is 0 Å². The van der Waals surface area contributed by atoms with E-state index < -0.39 is 0 Å². The topological polar surface area (TPSA) is 61.4 Å². The van der Waals surface area contributed by atoms with Crippen molar-refractivity contribution in [2.45, 2.75) is 20.4 Å². The lowest BCUT2D eigenvalue weighted by atomic mass is 10.1. The molecular weight excluding hydrogens is 204 g/mol. The highest BCUT2D eigenvalue weighted by molar-refractivity contribution is 5.77. The summed E-state index contributed by atoms with van der Waals surface area (Å²) in [6, 6.07) is 5.42. The van der Waals surface area contributed by atoms with Gasteiger partial charge in [0.1, 0.15) is 5.75 Å². The fourth-order valence-corrected chi connectivity index (χ4v) is 1.43. The number of benzene rings is 1. The molecule has 4 nitrogen and oxygen atoms in total. The molecule has 0 heterocycles. The first-order chi connectivity index (χ1) is 7.63. The van der Waals surface area contributed by atoms with Crippen LogP contribution in [0.5, 0.6) is 5.75 Å². The summed E-state index contributed by atoms with van der Waals surface area (Å²) >= 11 is 0. The van der Waals surface area contributed by atoms with E-state index in [1.807, 2.05) is 26.0 Å². The van der Waals surface area contributed by atoms with Crippen molar-refractivity contribution >= 4 is 5.91 Å².